The number of thiophene rings is 1. The van der Waals surface area contributed by atoms with Gasteiger partial charge >= 0.3 is 0 Å². The van der Waals surface area contributed by atoms with Crippen LogP contribution in [-0.4, -0.2) is 15.5 Å². The Hall–Kier alpha value is -1.94. The van der Waals surface area contributed by atoms with Crippen LogP contribution in [0.15, 0.2) is 30.3 Å². The molecule has 0 aliphatic rings. The van der Waals surface area contributed by atoms with Crippen LogP contribution in [0.1, 0.15) is 42.6 Å². The molecule has 3 aromatic rings. The molecular weight excluding hydrogens is 302 g/mol. The number of rotatable bonds is 3. The maximum atomic E-state index is 4.84. The van der Waals surface area contributed by atoms with Gasteiger partial charge in [0.1, 0.15) is 16.5 Å². The third-order valence-electron chi connectivity index (χ3n) is 3.77. The number of nitrogens with one attached hydrogen (secondary N) is 1. The van der Waals surface area contributed by atoms with Crippen LogP contribution in [0, 0.1) is 13.8 Å². The molecule has 1 aromatic carbocycles. The second kappa shape index (κ2) is 5.93. The van der Waals surface area contributed by atoms with E-state index in [2.05, 4.69) is 64.2 Å². The molecule has 0 saturated carbocycles. The first-order valence-electron chi connectivity index (χ1n) is 7.92. The highest BCUT2D eigenvalue weighted by atomic mass is 32.1. The molecule has 0 atom stereocenters. The molecule has 2 heterocycles. The van der Waals surface area contributed by atoms with Gasteiger partial charge in [-0.15, -0.1) is 11.3 Å². The normalized spacial score (nSPS) is 11.9. The van der Waals surface area contributed by atoms with E-state index in [1.807, 2.05) is 6.07 Å². The van der Waals surface area contributed by atoms with Crippen molar-refractivity contribution in [2.24, 2.45) is 0 Å². The maximum absolute atomic E-state index is 4.84. The van der Waals surface area contributed by atoms with Gasteiger partial charge in [-0.2, -0.15) is 0 Å². The Morgan fingerprint density at radius 2 is 1.74 bits per heavy atom. The maximum Gasteiger partial charge on any atom is 0.139 e. The number of aromatic nitrogens is 2. The minimum Gasteiger partial charge on any atom is -0.365 e. The second-order valence-corrected chi connectivity index (χ2v) is 8.19. The quantitative estimate of drug-likeness (QED) is 0.727. The molecule has 0 bridgehead atoms. The number of hydrogen-bond donors (Lipinski definition) is 1. The molecule has 0 radical (unpaired) electrons. The van der Waals surface area contributed by atoms with Crippen LogP contribution >= 0.6 is 11.3 Å². The van der Waals surface area contributed by atoms with Crippen LogP contribution in [0.3, 0.4) is 0 Å². The van der Waals surface area contributed by atoms with Gasteiger partial charge in [-0.3, -0.25) is 0 Å². The van der Waals surface area contributed by atoms with Gasteiger partial charge in [0, 0.05) is 16.8 Å². The zero-order valence-corrected chi connectivity index (χ0v) is 15.2. The summed E-state index contributed by atoms with van der Waals surface area (Å²) in [6.45, 7) is 10.8. The standard InChI is InChI=1S/C19H23N3S/c1-12-13(2)23-18-16(12)17(22-19(3,4)5)20-15(21-18)11-14-9-7-6-8-10-14/h6-10H,11H2,1-5H3,(H,20,21,22). The molecule has 0 amide bonds. The Bertz CT molecular complexity index is 829. The van der Waals surface area contributed by atoms with Gasteiger partial charge in [0.05, 0.1) is 5.39 Å². The van der Waals surface area contributed by atoms with Gasteiger partial charge in [-0.25, -0.2) is 9.97 Å². The zero-order valence-electron chi connectivity index (χ0n) is 14.4. The first kappa shape index (κ1) is 15.9. The van der Waals surface area contributed by atoms with Gasteiger partial charge < -0.3 is 5.32 Å². The van der Waals surface area contributed by atoms with Crippen LogP contribution < -0.4 is 5.32 Å². The summed E-state index contributed by atoms with van der Waals surface area (Å²) in [5.74, 6) is 1.83. The summed E-state index contributed by atoms with van der Waals surface area (Å²) in [6.07, 6.45) is 0.756. The van der Waals surface area contributed by atoms with E-state index in [0.29, 0.717) is 0 Å². The Labute approximate surface area is 141 Å². The minimum absolute atomic E-state index is 0.0341. The summed E-state index contributed by atoms with van der Waals surface area (Å²) in [5, 5.41) is 4.73. The topological polar surface area (TPSA) is 37.8 Å². The molecule has 1 N–H and O–H groups in total. The molecule has 3 rings (SSSR count). The van der Waals surface area contributed by atoms with E-state index >= 15 is 0 Å². The highest BCUT2D eigenvalue weighted by Crippen LogP contribution is 2.34. The molecular formula is C19H23N3S. The van der Waals surface area contributed by atoms with E-state index in [1.54, 1.807) is 11.3 Å². The van der Waals surface area contributed by atoms with Crippen LogP contribution in [0.25, 0.3) is 10.2 Å². The molecule has 2 aromatic heterocycles. The molecule has 4 heteroatoms. The fourth-order valence-electron chi connectivity index (χ4n) is 2.60. The van der Waals surface area contributed by atoms with Gasteiger partial charge in [-0.05, 0) is 45.7 Å². The summed E-state index contributed by atoms with van der Waals surface area (Å²) in [6, 6.07) is 10.4. The van der Waals surface area contributed by atoms with Crippen molar-refractivity contribution in [2.45, 2.75) is 46.6 Å². The first-order chi connectivity index (χ1) is 10.8. The van der Waals surface area contributed by atoms with E-state index in [4.69, 9.17) is 9.97 Å². The zero-order chi connectivity index (χ0) is 16.6. The molecule has 0 unspecified atom stereocenters. The Morgan fingerprint density at radius 3 is 2.39 bits per heavy atom. The van der Waals surface area contributed by atoms with Gasteiger partial charge in [-0.1, -0.05) is 30.3 Å². The SMILES string of the molecule is Cc1sc2nc(Cc3ccccc3)nc(NC(C)(C)C)c2c1C. The molecule has 3 nitrogen and oxygen atoms in total. The molecule has 0 aliphatic carbocycles. The number of fused-ring (bicyclic) bond motifs is 1. The van der Waals surface area contributed by atoms with Crippen molar-refractivity contribution in [3.8, 4) is 0 Å². The lowest BCUT2D eigenvalue weighted by molar-refractivity contribution is 0.630. The lowest BCUT2D eigenvalue weighted by Gasteiger charge is -2.22. The molecule has 0 aliphatic heterocycles. The molecule has 0 fully saturated rings. The number of anilines is 1. The van der Waals surface area contributed by atoms with Crippen molar-refractivity contribution in [3.63, 3.8) is 0 Å². The van der Waals surface area contributed by atoms with Gasteiger partial charge in [0.2, 0.25) is 0 Å². The third-order valence-corrected chi connectivity index (χ3v) is 4.87. The van der Waals surface area contributed by atoms with Crippen LogP contribution in [0.4, 0.5) is 5.82 Å². The number of benzene rings is 1. The van der Waals surface area contributed by atoms with Crippen molar-refractivity contribution in [1.29, 1.82) is 0 Å². The molecule has 0 spiro atoms. The Morgan fingerprint density at radius 1 is 1.04 bits per heavy atom. The van der Waals surface area contributed by atoms with Gasteiger partial charge in [0.25, 0.3) is 0 Å². The van der Waals surface area contributed by atoms with E-state index in [9.17, 15) is 0 Å². The summed E-state index contributed by atoms with van der Waals surface area (Å²) in [4.78, 5) is 12.0. The highest BCUT2D eigenvalue weighted by Gasteiger charge is 2.18. The predicted molar refractivity (Wildman–Crippen MR) is 99.5 cm³/mol. The van der Waals surface area contributed by atoms with Crippen molar-refractivity contribution in [3.05, 3.63) is 52.2 Å². The van der Waals surface area contributed by atoms with Crippen LogP contribution in [0.2, 0.25) is 0 Å². The molecule has 23 heavy (non-hydrogen) atoms. The fraction of sp³-hybridized carbons (Fsp3) is 0.368. The largest absolute Gasteiger partial charge is 0.365 e. The molecule has 120 valence electrons. The fourth-order valence-corrected chi connectivity index (χ4v) is 3.64. The summed E-state index contributed by atoms with van der Waals surface area (Å²) >= 11 is 1.75. The average Bonchev–Trinajstić information content (AvgIpc) is 2.73. The van der Waals surface area contributed by atoms with E-state index in [0.717, 1.165) is 22.9 Å². The predicted octanol–water partition coefficient (Wildman–Crippen LogP) is 5.11. The minimum atomic E-state index is -0.0341. The highest BCUT2D eigenvalue weighted by molar-refractivity contribution is 7.18. The van der Waals surface area contributed by atoms with E-state index < -0.39 is 0 Å². The number of nitrogens with zero attached hydrogens (tertiary/aromatic N) is 2. The van der Waals surface area contributed by atoms with Crippen molar-refractivity contribution in [2.75, 3.05) is 5.32 Å². The third kappa shape index (κ3) is 3.53. The monoisotopic (exact) mass is 325 g/mol. The van der Waals surface area contributed by atoms with E-state index in [1.165, 1.54) is 21.4 Å². The van der Waals surface area contributed by atoms with E-state index in [-0.39, 0.29) is 5.54 Å². The lowest BCUT2D eigenvalue weighted by Crippen LogP contribution is -2.27. The first-order valence-corrected chi connectivity index (χ1v) is 8.74. The van der Waals surface area contributed by atoms with Crippen molar-refractivity contribution < 1.29 is 0 Å². The van der Waals surface area contributed by atoms with Crippen LogP contribution in [-0.2, 0) is 6.42 Å². The Balaban J connectivity index is 2.10. The smallest absolute Gasteiger partial charge is 0.139 e. The summed E-state index contributed by atoms with van der Waals surface area (Å²) < 4.78 is 0. The van der Waals surface area contributed by atoms with Crippen molar-refractivity contribution in [1.82, 2.24) is 9.97 Å². The van der Waals surface area contributed by atoms with Gasteiger partial charge in [0.15, 0.2) is 0 Å². The second-order valence-electron chi connectivity index (χ2n) is 6.99. The number of hydrogen-bond acceptors (Lipinski definition) is 4. The Kier molecular flexibility index (Phi) is 4.11. The summed E-state index contributed by atoms with van der Waals surface area (Å²) in [5.41, 5.74) is 2.48. The molecule has 0 saturated heterocycles. The average molecular weight is 325 g/mol. The number of aryl methyl sites for hydroxylation is 2. The lowest BCUT2D eigenvalue weighted by atomic mass is 10.1. The van der Waals surface area contributed by atoms with Crippen molar-refractivity contribution >= 4 is 27.4 Å². The van der Waals surface area contributed by atoms with Crippen LogP contribution in [0.5, 0.6) is 0 Å². The summed E-state index contributed by atoms with van der Waals surface area (Å²) in [7, 11) is 0.